The Kier molecular flexibility index (Phi) is 3.98. The molecule has 0 radical (unpaired) electrons. The molecule has 0 bridgehead atoms. The molecule has 1 aromatic carbocycles. The summed E-state index contributed by atoms with van der Waals surface area (Å²) in [6.45, 7) is 0.120. The van der Waals surface area contributed by atoms with Crippen LogP contribution < -0.4 is 10.5 Å². The van der Waals surface area contributed by atoms with E-state index in [2.05, 4.69) is 25.1 Å². The Labute approximate surface area is 135 Å². The summed E-state index contributed by atoms with van der Waals surface area (Å²) in [4.78, 5) is 15.6. The monoisotopic (exact) mass is 333 g/mol. The van der Waals surface area contributed by atoms with Crippen molar-refractivity contribution in [1.82, 2.24) is 20.4 Å². The van der Waals surface area contributed by atoms with E-state index >= 15 is 0 Å². The molecule has 3 N–H and O–H groups in total. The number of anilines is 1. The molecular weight excluding hydrogens is 322 g/mol. The normalized spacial score (nSPS) is 10.7. The van der Waals surface area contributed by atoms with Gasteiger partial charge in [0.25, 0.3) is 0 Å². The summed E-state index contributed by atoms with van der Waals surface area (Å²) in [5, 5.41) is 10.8. The maximum Gasteiger partial charge on any atom is 0.337 e. The zero-order valence-electron chi connectivity index (χ0n) is 12.0. The quantitative estimate of drug-likeness (QED) is 0.701. The number of nitrogen functional groups attached to an aromatic ring is 1. The Morgan fingerprint density at radius 1 is 1.35 bits per heavy atom. The smallest absolute Gasteiger partial charge is 0.337 e. The van der Waals surface area contributed by atoms with Crippen LogP contribution >= 0.6 is 11.6 Å². The fourth-order valence-corrected chi connectivity index (χ4v) is 2.19. The van der Waals surface area contributed by atoms with Crippen molar-refractivity contribution in [1.29, 1.82) is 0 Å². The van der Waals surface area contributed by atoms with Crippen molar-refractivity contribution in [3.8, 4) is 5.75 Å². The van der Waals surface area contributed by atoms with E-state index < -0.39 is 5.97 Å². The molecule has 2 aromatic heterocycles. The van der Waals surface area contributed by atoms with Gasteiger partial charge >= 0.3 is 5.97 Å². The highest BCUT2D eigenvalue weighted by atomic mass is 35.5. The zero-order chi connectivity index (χ0) is 16.4. The summed E-state index contributed by atoms with van der Waals surface area (Å²) in [6.07, 6.45) is 0. The lowest BCUT2D eigenvalue weighted by Gasteiger charge is -2.09. The van der Waals surface area contributed by atoms with Crippen LogP contribution in [0.25, 0.3) is 11.2 Å². The molecule has 2 heterocycles. The molecule has 3 rings (SSSR count). The Bertz CT molecular complexity index is 880. The van der Waals surface area contributed by atoms with E-state index in [1.54, 1.807) is 24.3 Å². The third kappa shape index (κ3) is 3.02. The van der Waals surface area contributed by atoms with Gasteiger partial charge in [-0.15, -0.1) is 5.10 Å². The summed E-state index contributed by atoms with van der Waals surface area (Å²) in [7, 11) is 1.31. The number of aromatic nitrogens is 4. The third-order valence-corrected chi connectivity index (χ3v) is 3.50. The van der Waals surface area contributed by atoms with E-state index in [-0.39, 0.29) is 12.4 Å². The first-order valence-corrected chi connectivity index (χ1v) is 6.93. The van der Waals surface area contributed by atoms with Crippen LogP contribution in [0.15, 0.2) is 24.3 Å². The number of ether oxygens (including phenoxy) is 2. The topological polar surface area (TPSA) is 116 Å². The van der Waals surface area contributed by atoms with Crippen LogP contribution in [0.3, 0.4) is 0 Å². The second-order valence-electron chi connectivity index (χ2n) is 4.63. The number of aromatic amines is 1. The lowest BCUT2D eigenvalue weighted by atomic mass is 10.1. The molecule has 8 nitrogen and oxygen atoms in total. The standard InChI is InChI=1S/C14H12ClN5O3/c1-22-14(21)7-2-3-9(15)8(4-7)6-23-10-5-11(16)17-13-12(10)18-20-19-13/h2-5H,6H2,1H3,(H3,16,17,18,19,20). The van der Waals surface area contributed by atoms with Gasteiger partial charge in [0.1, 0.15) is 12.4 Å². The van der Waals surface area contributed by atoms with Crippen LogP contribution in [0.1, 0.15) is 15.9 Å². The van der Waals surface area contributed by atoms with Crippen molar-refractivity contribution in [2.45, 2.75) is 6.61 Å². The third-order valence-electron chi connectivity index (χ3n) is 3.13. The first-order valence-electron chi connectivity index (χ1n) is 6.55. The Morgan fingerprint density at radius 3 is 2.96 bits per heavy atom. The summed E-state index contributed by atoms with van der Waals surface area (Å²) < 4.78 is 10.4. The number of carbonyl (C=O) groups is 1. The molecule has 0 aliphatic carbocycles. The van der Waals surface area contributed by atoms with Crippen molar-refractivity contribution in [3.05, 3.63) is 40.4 Å². The molecular formula is C14H12ClN5O3. The zero-order valence-corrected chi connectivity index (χ0v) is 12.8. The molecule has 23 heavy (non-hydrogen) atoms. The van der Waals surface area contributed by atoms with E-state index in [4.69, 9.17) is 22.1 Å². The number of halogens is 1. The number of benzene rings is 1. The second kappa shape index (κ2) is 6.09. The number of nitrogens with zero attached hydrogens (tertiary/aromatic N) is 3. The van der Waals surface area contributed by atoms with Crippen molar-refractivity contribution in [2.24, 2.45) is 0 Å². The van der Waals surface area contributed by atoms with Crippen LogP contribution in [-0.2, 0) is 11.3 Å². The maximum atomic E-state index is 11.6. The molecule has 0 amide bonds. The summed E-state index contributed by atoms with van der Waals surface area (Å²) in [5.41, 5.74) is 7.53. The van der Waals surface area contributed by atoms with Crippen LogP contribution in [0.4, 0.5) is 5.82 Å². The molecule has 0 unspecified atom stereocenters. The van der Waals surface area contributed by atoms with E-state index in [0.29, 0.717) is 33.1 Å². The highest BCUT2D eigenvalue weighted by Gasteiger charge is 2.12. The highest BCUT2D eigenvalue weighted by Crippen LogP contribution is 2.26. The van der Waals surface area contributed by atoms with Gasteiger partial charge in [-0.05, 0) is 18.2 Å². The van der Waals surface area contributed by atoms with Gasteiger partial charge in [-0.25, -0.2) is 9.78 Å². The first-order chi connectivity index (χ1) is 11.1. The van der Waals surface area contributed by atoms with Crippen LogP contribution in [0.2, 0.25) is 5.02 Å². The van der Waals surface area contributed by atoms with Gasteiger partial charge in [-0.1, -0.05) is 11.6 Å². The largest absolute Gasteiger partial charge is 0.486 e. The maximum absolute atomic E-state index is 11.6. The lowest BCUT2D eigenvalue weighted by molar-refractivity contribution is 0.0600. The van der Waals surface area contributed by atoms with Crippen LogP contribution in [0, 0.1) is 0 Å². The number of nitrogens with two attached hydrogens (primary N) is 1. The number of pyridine rings is 1. The molecule has 0 aliphatic heterocycles. The molecule has 0 spiro atoms. The molecule has 0 fully saturated rings. The number of rotatable bonds is 4. The van der Waals surface area contributed by atoms with Crippen molar-refractivity contribution in [2.75, 3.05) is 12.8 Å². The van der Waals surface area contributed by atoms with Gasteiger partial charge < -0.3 is 15.2 Å². The lowest BCUT2D eigenvalue weighted by Crippen LogP contribution is -2.04. The number of esters is 1. The van der Waals surface area contributed by atoms with E-state index in [1.165, 1.54) is 7.11 Å². The van der Waals surface area contributed by atoms with E-state index in [1.807, 2.05) is 0 Å². The van der Waals surface area contributed by atoms with Crippen LogP contribution in [-0.4, -0.2) is 33.5 Å². The average Bonchev–Trinajstić information content (AvgIpc) is 3.01. The summed E-state index contributed by atoms with van der Waals surface area (Å²) in [6, 6.07) is 6.35. The van der Waals surface area contributed by atoms with E-state index in [9.17, 15) is 4.79 Å². The summed E-state index contributed by atoms with van der Waals surface area (Å²) >= 11 is 6.14. The number of hydrogen-bond donors (Lipinski definition) is 2. The van der Waals surface area contributed by atoms with Crippen molar-refractivity contribution < 1.29 is 14.3 Å². The molecule has 0 atom stereocenters. The number of methoxy groups -OCH3 is 1. The molecule has 118 valence electrons. The van der Waals surface area contributed by atoms with Crippen molar-refractivity contribution >= 4 is 34.6 Å². The van der Waals surface area contributed by atoms with Gasteiger partial charge in [-0.3, -0.25) is 0 Å². The van der Waals surface area contributed by atoms with Gasteiger partial charge in [0.2, 0.25) is 5.65 Å². The molecule has 0 saturated heterocycles. The predicted octanol–water partition coefficient (Wildman–Crippen LogP) is 1.95. The molecule has 0 aliphatic rings. The van der Waals surface area contributed by atoms with Gasteiger partial charge in [0.15, 0.2) is 11.3 Å². The Morgan fingerprint density at radius 2 is 2.17 bits per heavy atom. The minimum atomic E-state index is -0.449. The number of hydrogen-bond acceptors (Lipinski definition) is 7. The number of fused-ring (bicyclic) bond motifs is 1. The highest BCUT2D eigenvalue weighted by molar-refractivity contribution is 6.31. The molecule has 3 aromatic rings. The van der Waals surface area contributed by atoms with Gasteiger partial charge in [0.05, 0.1) is 12.7 Å². The first kappa shape index (κ1) is 15.0. The minimum Gasteiger partial charge on any atom is -0.486 e. The fourth-order valence-electron chi connectivity index (χ4n) is 2.02. The van der Waals surface area contributed by atoms with E-state index in [0.717, 1.165) is 0 Å². The minimum absolute atomic E-state index is 0.120. The number of nitrogens with one attached hydrogen (secondary N) is 1. The SMILES string of the molecule is COC(=O)c1ccc(Cl)c(COc2cc(N)nc3n[nH]nc23)c1. The number of carbonyl (C=O) groups excluding carboxylic acids is 1. The van der Waals surface area contributed by atoms with Crippen molar-refractivity contribution in [3.63, 3.8) is 0 Å². The van der Waals surface area contributed by atoms with Crippen LogP contribution in [0.5, 0.6) is 5.75 Å². The van der Waals surface area contributed by atoms with Gasteiger partial charge in [-0.2, -0.15) is 10.3 Å². The Balaban J connectivity index is 1.87. The average molecular weight is 334 g/mol. The Hall–Kier alpha value is -2.87. The summed E-state index contributed by atoms with van der Waals surface area (Å²) in [5.74, 6) is 0.228. The molecule has 9 heteroatoms. The number of H-pyrrole nitrogens is 1. The fraction of sp³-hybridized carbons (Fsp3) is 0.143. The second-order valence-corrected chi connectivity index (χ2v) is 5.03. The van der Waals surface area contributed by atoms with Gasteiger partial charge in [0, 0.05) is 16.7 Å². The predicted molar refractivity (Wildman–Crippen MR) is 83.2 cm³/mol. The molecule has 0 saturated carbocycles.